The Balaban J connectivity index is 0.000000254. The molecular weight excluding hydrogens is 434 g/mol. The summed E-state index contributed by atoms with van der Waals surface area (Å²) < 4.78 is 0. The summed E-state index contributed by atoms with van der Waals surface area (Å²) in [7, 11) is 0.0967. The molecule has 0 saturated heterocycles. The molecule has 0 spiro atoms. The quantitative estimate of drug-likeness (QED) is 0.259. The molecule has 0 radical (unpaired) electrons. The van der Waals surface area contributed by atoms with Crippen LogP contribution in [-0.2, 0) is 6.42 Å². The molecule has 0 aliphatic rings. The summed E-state index contributed by atoms with van der Waals surface area (Å²) in [6, 6.07) is 28.6. The number of unbranched alkanes of at least 4 members (excludes halogenated alkanes) is 3. The molecule has 0 fully saturated rings. The third kappa shape index (κ3) is 10.6. The highest BCUT2D eigenvalue weighted by Gasteiger charge is 2.09. The monoisotopic (exact) mass is 471 g/mol. The molecule has 3 nitrogen and oxygen atoms in total. The van der Waals surface area contributed by atoms with Crippen molar-refractivity contribution >= 4 is 15.5 Å². The van der Waals surface area contributed by atoms with E-state index in [0.29, 0.717) is 16.2 Å². The normalized spacial score (nSPS) is 11.0. The first-order valence-electron chi connectivity index (χ1n) is 12.2. The Hall–Kier alpha value is -3.16. The lowest BCUT2D eigenvalue weighted by Crippen LogP contribution is -2.07. The number of carbonyl (C=O) groups is 1. The van der Waals surface area contributed by atoms with E-state index in [-0.39, 0.29) is 9.52 Å². The van der Waals surface area contributed by atoms with Gasteiger partial charge in [-0.3, -0.25) is 0 Å². The van der Waals surface area contributed by atoms with E-state index in [1.54, 1.807) is 12.1 Å². The second-order valence-electron chi connectivity index (χ2n) is 9.89. The Morgan fingerprint density at radius 3 is 1.97 bits per heavy atom. The summed E-state index contributed by atoms with van der Waals surface area (Å²) in [6.07, 6.45) is 6.30. The van der Waals surface area contributed by atoms with E-state index in [1.165, 1.54) is 42.9 Å². The minimum Gasteiger partial charge on any atom is -0.478 e. The van der Waals surface area contributed by atoms with E-state index in [0.717, 1.165) is 12.0 Å². The van der Waals surface area contributed by atoms with Crippen molar-refractivity contribution in [2.75, 3.05) is 0 Å². The van der Waals surface area contributed by atoms with Crippen LogP contribution in [0, 0.1) is 11.3 Å². The molecule has 0 saturated carbocycles. The molecule has 1 N–H and O–H groups in total. The van der Waals surface area contributed by atoms with E-state index >= 15 is 0 Å². The largest absolute Gasteiger partial charge is 0.478 e. The summed E-state index contributed by atoms with van der Waals surface area (Å²) >= 11 is 0. The molecule has 3 aromatic rings. The van der Waals surface area contributed by atoms with E-state index in [9.17, 15) is 4.79 Å². The van der Waals surface area contributed by atoms with Crippen LogP contribution in [0.1, 0.15) is 67.9 Å². The van der Waals surface area contributed by atoms with Gasteiger partial charge in [-0.15, -0.1) is 0 Å². The lowest BCUT2D eigenvalue weighted by Gasteiger charge is -2.16. The number of nitrogens with zero attached hydrogens (tertiary/aromatic N) is 1. The van der Waals surface area contributed by atoms with Gasteiger partial charge >= 0.3 is 5.97 Å². The van der Waals surface area contributed by atoms with Crippen LogP contribution in [0.15, 0.2) is 78.9 Å². The molecule has 3 rings (SSSR count). The van der Waals surface area contributed by atoms with Gasteiger partial charge in [-0.05, 0) is 58.8 Å². The van der Waals surface area contributed by atoms with Crippen LogP contribution < -0.4 is 0 Å². The molecular formula is C30H37NO2Si. The standard InChI is InChI=1S/C17H28O2Si.C13H9N/c1-17(2,3)20-13-7-5-4-6-8-14-9-11-15(12-10-14)16(18)19;14-10-11-6-8-13(9-7-11)12-4-2-1-3-5-12/h9-12H,4-8,13,20H2,1-3H3,(H,18,19);1-9H. The van der Waals surface area contributed by atoms with Crippen LogP contribution in [0.3, 0.4) is 0 Å². The number of hydrogen-bond donors (Lipinski definition) is 1. The van der Waals surface area contributed by atoms with Crippen LogP contribution in [0.25, 0.3) is 11.1 Å². The third-order valence-corrected chi connectivity index (χ3v) is 8.07. The Morgan fingerprint density at radius 1 is 0.824 bits per heavy atom. The fraction of sp³-hybridized carbons (Fsp3) is 0.333. The van der Waals surface area contributed by atoms with Crippen molar-refractivity contribution in [2.45, 2.75) is 64.0 Å². The Bertz CT molecular complexity index is 1030. The number of hydrogen-bond acceptors (Lipinski definition) is 2. The number of carboxylic acid groups (broad SMARTS) is 1. The van der Waals surface area contributed by atoms with Gasteiger partial charge in [0.1, 0.15) is 0 Å². The molecule has 0 unspecified atom stereocenters. The number of nitriles is 1. The van der Waals surface area contributed by atoms with E-state index in [4.69, 9.17) is 10.4 Å². The van der Waals surface area contributed by atoms with Crippen LogP contribution in [0.2, 0.25) is 11.1 Å². The van der Waals surface area contributed by atoms with Crippen molar-refractivity contribution in [3.05, 3.63) is 95.6 Å². The van der Waals surface area contributed by atoms with Gasteiger partial charge in [0.05, 0.1) is 17.2 Å². The second-order valence-corrected chi connectivity index (χ2v) is 13.2. The minimum atomic E-state index is -0.848. The molecule has 3 aromatic carbocycles. The van der Waals surface area contributed by atoms with Gasteiger partial charge in [0, 0.05) is 9.52 Å². The van der Waals surface area contributed by atoms with Gasteiger partial charge in [0.25, 0.3) is 0 Å². The molecule has 0 atom stereocenters. The van der Waals surface area contributed by atoms with Crippen molar-refractivity contribution in [1.29, 1.82) is 5.26 Å². The molecule has 0 amide bonds. The molecule has 0 aromatic heterocycles. The van der Waals surface area contributed by atoms with Crippen molar-refractivity contribution in [1.82, 2.24) is 0 Å². The van der Waals surface area contributed by atoms with Crippen molar-refractivity contribution in [3.63, 3.8) is 0 Å². The van der Waals surface area contributed by atoms with Crippen LogP contribution in [0.4, 0.5) is 0 Å². The van der Waals surface area contributed by atoms with Gasteiger partial charge < -0.3 is 5.11 Å². The fourth-order valence-electron chi connectivity index (χ4n) is 3.70. The van der Waals surface area contributed by atoms with E-state index in [2.05, 4.69) is 39.0 Å². The smallest absolute Gasteiger partial charge is 0.335 e. The van der Waals surface area contributed by atoms with E-state index < -0.39 is 5.97 Å². The number of aromatic carboxylic acids is 1. The average Bonchev–Trinajstić information content (AvgIpc) is 2.84. The van der Waals surface area contributed by atoms with Crippen LogP contribution in [-0.4, -0.2) is 20.6 Å². The first kappa shape index (κ1) is 27.1. The van der Waals surface area contributed by atoms with Gasteiger partial charge in [-0.2, -0.15) is 5.26 Å². The molecule has 0 aliphatic heterocycles. The van der Waals surface area contributed by atoms with Crippen molar-refractivity contribution < 1.29 is 9.90 Å². The number of aryl methyl sites for hydroxylation is 1. The predicted octanol–water partition coefficient (Wildman–Crippen LogP) is 7.52. The molecule has 178 valence electrons. The summed E-state index contributed by atoms with van der Waals surface area (Å²) in [5.74, 6) is -0.848. The Kier molecular flexibility index (Phi) is 11.3. The number of carboxylic acids is 1. The zero-order chi connectivity index (χ0) is 24.8. The molecule has 0 heterocycles. The zero-order valence-corrected chi connectivity index (χ0v) is 22.2. The highest BCUT2D eigenvalue weighted by atomic mass is 28.2. The second kappa shape index (κ2) is 14.2. The first-order valence-corrected chi connectivity index (χ1v) is 13.9. The molecule has 34 heavy (non-hydrogen) atoms. The molecule has 4 heteroatoms. The topological polar surface area (TPSA) is 61.1 Å². The lowest BCUT2D eigenvalue weighted by molar-refractivity contribution is 0.0697. The highest BCUT2D eigenvalue weighted by molar-refractivity contribution is 6.39. The van der Waals surface area contributed by atoms with Gasteiger partial charge in [-0.25, -0.2) is 4.79 Å². The Labute approximate surface area is 207 Å². The molecule has 0 aliphatic carbocycles. The lowest BCUT2D eigenvalue weighted by atomic mass is 10.0. The SMILES string of the molecule is CC(C)(C)[SiH2]CCCCCCc1ccc(C(=O)O)cc1.N#Cc1ccc(-c2ccccc2)cc1. The van der Waals surface area contributed by atoms with Crippen LogP contribution in [0.5, 0.6) is 0 Å². The fourth-order valence-corrected chi connectivity index (χ4v) is 5.36. The summed E-state index contributed by atoms with van der Waals surface area (Å²) in [5, 5.41) is 18.1. The maximum atomic E-state index is 10.7. The first-order chi connectivity index (χ1) is 16.3. The summed E-state index contributed by atoms with van der Waals surface area (Å²) in [5.41, 5.74) is 4.64. The Morgan fingerprint density at radius 2 is 1.41 bits per heavy atom. The van der Waals surface area contributed by atoms with Crippen molar-refractivity contribution in [3.8, 4) is 17.2 Å². The number of rotatable bonds is 9. The molecule has 0 bridgehead atoms. The zero-order valence-electron chi connectivity index (χ0n) is 20.8. The van der Waals surface area contributed by atoms with Gasteiger partial charge in [0.2, 0.25) is 0 Å². The highest BCUT2D eigenvalue weighted by Crippen LogP contribution is 2.23. The number of benzene rings is 3. The van der Waals surface area contributed by atoms with Gasteiger partial charge in [0.15, 0.2) is 0 Å². The van der Waals surface area contributed by atoms with E-state index in [1.807, 2.05) is 54.6 Å². The maximum absolute atomic E-state index is 10.7. The van der Waals surface area contributed by atoms with Crippen molar-refractivity contribution in [2.24, 2.45) is 0 Å². The summed E-state index contributed by atoms with van der Waals surface area (Å²) in [4.78, 5) is 10.7. The maximum Gasteiger partial charge on any atom is 0.335 e. The predicted molar refractivity (Wildman–Crippen MR) is 145 cm³/mol. The third-order valence-electron chi connectivity index (χ3n) is 5.71. The average molecular weight is 472 g/mol. The van der Waals surface area contributed by atoms with Gasteiger partial charge in [-0.1, -0.05) is 101 Å². The summed E-state index contributed by atoms with van der Waals surface area (Å²) in [6.45, 7) is 7.08. The van der Waals surface area contributed by atoms with Crippen LogP contribution >= 0.6 is 0 Å². The minimum absolute atomic E-state index is 0.0967.